The standard InChI is InChI=1S/C27H33N7O7S2/c1-27(2,3)41-26(40)28-11-15-7-5-4-6-14(15)10-18(35)29-20-22(36)33-21(24(37)38)16(13-43-23(20)33)12-42-19-9-8-17-30-31-25(39)34(17)32-19/h8-9,20,23H,4-7,10-13H2,1-3H3,(H,28,40)(H,29,35)(H,31,39)(H,37,38)/t20?,23-/m0/s1. The Kier molecular flexibility index (Phi) is 8.87. The summed E-state index contributed by atoms with van der Waals surface area (Å²) in [6.07, 6.45) is 2.97. The minimum Gasteiger partial charge on any atom is -0.477 e. The number of carbonyl (C=O) groups excluding carboxylic acids is 3. The molecular weight excluding hydrogens is 598 g/mol. The van der Waals surface area contributed by atoms with Crippen LogP contribution in [0, 0.1) is 0 Å². The molecule has 1 saturated heterocycles. The maximum Gasteiger partial charge on any atom is 0.407 e. The second-order valence-electron chi connectivity index (χ2n) is 11.4. The van der Waals surface area contributed by atoms with E-state index in [4.69, 9.17) is 4.74 Å². The third-order valence-electron chi connectivity index (χ3n) is 7.14. The average molecular weight is 632 g/mol. The summed E-state index contributed by atoms with van der Waals surface area (Å²) in [7, 11) is 0. The molecule has 2 aromatic rings. The summed E-state index contributed by atoms with van der Waals surface area (Å²) in [6, 6.07) is 2.48. The number of rotatable bonds is 9. The summed E-state index contributed by atoms with van der Waals surface area (Å²) in [5.74, 6) is -1.40. The highest BCUT2D eigenvalue weighted by Crippen LogP contribution is 2.41. The third kappa shape index (κ3) is 6.90. The molecule has 2 aliphatic heterocycles. The number of ether oxygens (including phenoxy) is 1. The van der Waals surface area contributed by atoms with Crippen molar-refractivity contribution in [3.8, 4) is 0 Å². The van der Waals surface area contributed by atoms with Gasteiger partial charge in [-0.15, -0.1) is 23.5 Å². The number of carbonyl (C=O) groups is 4. The van der Waals surface area contributed by atoms with Crippen LogP contribution in [0.2, 0.25) is 0 Å². The van der Waals surface area contributed by atoms with Crippen molar-refractivity contribution in [2.24, 2.45) is 0 Å². The minimum absolute atomic E-state index is 0.0844. The maximum atomic E-state index is 13.1. The molecule has 2 atom stereocenters. The van der Waals surface area contributed by atoms with Gasteiger partial charge in [-0.3, -0.25) is 14.5 Å². The Morgan fingerprint density at radius 2 is 1.91 bits per heavy atom. The number of H-pyrrole nitrogens is 1. The van der Waals surface area contributed by atoms with Crippen LogP contribution in [-0.2, 0) is 19.1 Å². The van der Waals surface area contributed by atoms with Crippen molar-refractivity contribution in [1.82, 2.24) is 35.3 Å². The number of hydrogen-bond donors (Lipinski definition) is 4. The number of carboxylic acids is 1. The number of fused-ring (bicyclic) bond motifs is 2. The van der Waals surface area contributed by atoms with Gasteiger partial charge in [-0.1, -0.05) is 11.1 Å². The van der Waals surface area contributed by atoms with E-state index in [2.05, 4.69) is 25.9 Å². The monoisotopic (exact) mass is 631 g/mol. The first kappa shape index (κ1) is 30.7. The molecule has 230 valence electrons. The van der Waals surface area contributed by atoms with Crippen LogP contribution in [0.3, 0.4) is 0 Å². The molecule has 1 aliphatic carbocycles. The van der Waals surface area contributed by atoms with E-state index in [-0.39, 0.29) is 23.8 Å². The number of carboxylic acid groups (broad SMARTS) is 1. The number of nitrogens with one attached hydrogen (secondary N) is 3. The normalized spacial score (nSPS) is 20.5. The van der Waals surface area contributed by atoms with E-state index >= 15 is 0 Å². The van der Waals surface area contributed by atoms with Crippen molar-refractivity contribution in [2.45, 2.75) is 74.9 Å². The highest BCUT2D eigenvalue weighted by atomic mass is 32.2. The number of amides is 3. The third-order valence-corrected chi connectivity index (χ3v) is 9.48. The van der Waals surface area contributed by atoms with Gasteiger partial charge in [0.25, 0.3) is 5.91 Å². The molecule has 1 fully saturated rings. The molecule has 0 aromatic carbocycles. The number of alkyl carbamates (subject to hydrolysis) is 1. The van der Waals surface area contributed by atoms with Gasteiger partial charge in [-0.05, 0) is 64.2 Å². The van der Waals surface area contributed by atoms with Gasteiger partial charge >= 0.3 is 17.8 Å². The summed E-state index contributed by atoms with van der Waals surface area (Å²) < 4.78 is 6.43. The Balaban J connectivity index is 1.21. The number of aliphatic carboxylic acids is 1. The van der Waals surface area contributed by atoms with Crippen LogP contribution in [0.1, 0.15) is 52.9 Å². The summed E-state index contributed by atoms with van der Waals surface area (Å²) in [6.45, 7) is 5.66. The lowest BCUT2D eigenvalue weighted by molar-refractivity contribution is -0.150. The van der Waals surface area contributed by atoms with Gasteiger partial charge in [0.05, 0.1) is 0 Å². The van der Waals surface area contributed by atoms with Crippen molar-refractivity contribution in [3.63, 3.8) is 0 Å². The van der Waals surface area contributed by atoms with Crippen LogP contribution >= 0.6 is 23.5 Å². The molecule has 4 N–H and O–H groups in total. The van der Waals surface area contributed by atoms with Crippen LogP contribution in [0.25, 0.3) is 5.65 Å². The first-order valence-corrected chi connectivity index (χ1v) is 15.9. The molecular formula is C27H33N7O7S2. The van der Waals surface area contributed by atoms with E-state index < -0.39 is 40.7 Å². The van der Waals surface area contributed by atoms with E-state index in [1.807, 2.05) is 0 Å². The Hall–Kier alpha value is -3.79. The van der Waals surface area contributed by atoms with Gasteiger partial charge in [0.2, 0.25) is 5.91 Å². The smallest absolute Gasteiger partial charge is 0.407 e. The maximum absolute atomic E-state index is 13.1. The first-order chi connectivity index (χ1) is 20.4. The summed E-state index contributed by atoms with van der Waals surface area (Å²) in [5.41, 5.74) is 1.67. The zero-order valence-corrected chi connectivity index (χ0v) is 25.6. The fraction of sp³-hybridized carbons (Fsp3) is 0.519. The molecule has 0 bridgehead atoms. The van der Waals surface area contributed by atoms with Crippen LogP contribution in [0.4, 0.5) is 4.79 Å². The van der Waals surface area contributed by atoms with E-state index in [0.29, 0.717) is 28.5 Å². The van der Waals surface area contributed by atoms with Crippen LogP contribution in [0.15, 0.2) is 44.4 Å². The molecule has 2 aromatic heterocycles. The topological polar surface area (TPSA) is 188 Å². The molecule has 0 radical (unpaired) electrons. The predicted octanol–water partition coefficient (Wildman–Crippen LogP) is 2.03. The Morgan fingerprint density at radius 3 is 2.63 bits per heavy atom. The van der Waals surface area contributed by atoms with Crippen molar-refractivity contribution in [2.75, 3.05) is 18.1 Å². The molecule has 0 saturated carbocycles. The second kappa shape index (κ2) is 12.4. The second-order valence-corrected chi connectivity index (χ2v) is 13.5. The number of β-lactam (4-membered cyclic amide) rings is 1. The SMILES string of the molecule is CC(C)(C)OC(=O)NCC1=C(CC(=O)NC2C(=O)N3C(C(=O)O)=C(CSc4ccc5n[nH]c(=O)n5n4)CS[C@@H]23)CCCC1. The first-order valence-electron chi connectivity index (χ1n) is 13.8. The van der Waals surface area contributed by atoms with E-state index in [1.165, 1.54) is 28.4 Å². The van der Waals surface area contributed by atoms with Gasteiger partial charge in [-0.25, -0.2) is 19.5 Å². The zero-order valence-electron chi connectivity index (χ0n) is 24.0. The fourth-order valence-electron chi connectivity index (χ4n) is 5.19. The van der Waals surface area contributed by atoms with Gasteiger partial charge < -0.3 is 20.5 Å². The predicted molar refractivity (Wildman–Crippen MR) is 158 cm³/mol. The van der Waals surface area contributed by atoms with E-state index in [1.54, 1.807) is 32.9 Å². The molecule has 16 heteroatoms. The minimum atomic E-state index is -1.22. The number of aromatic amines is 1. The molecule has 43 heavy (non-hydrogen) atoms. The lowest BCUT2D eigenvalue weighted by Crippen LogP contribution is -2.70. The largest absolute Gasteiger partial charge is 0.477 e. The molecule has 14 nitrogen and oxygen atoms in total. The molecule has 3 aliphatic rings. The van der Waals surface area contributed by atoms with Gasteiger partial charge in [0, 0.05) is 24.5 Å². The van der Waals surface area contributed by atoms with Crippen molar-refractivity contribution < 1.29 is 29.0 Å². The zero-order chi connectivity index (χ0) is 30.9. The molecule has 5 rings (SSSR count). The van der Waals surface area contributed by atoms with Crippen molar-refractivity contribution >= 4 is 53.0 Å². The highest BCUT2D eigenvalue weighted by Gasteiger charge is 2.54. The van der Waals surface area contributed by atoms with Crippen LogP contribution in [0.5, 0.6) is 0 Å². The van der Waals surface area contributed by atoms with E-state index in [9.17, 15) is 29.1 Å². The lowest BCUT2D eigenvalue weighted by Gasteiger charge is -2.49. The molecule has 4 heterocycles. The lowest BCUT2D eigenvalue weighted by atomic mass is 9.89. The average Bonchev–Trinajstić information content (AvgIpc) is 3.32. The quantitative estimate of drug-likeness (QED) is 0.180. The van der Waals surface area contributed by atoms with Gasteiger partial charge in [0.15, 0.2) is 5.65 Å². The fourth-order valence-corrected chi connectivity index (χ4v) is 7.53. The summed E-state index contributed by atoms with van der Waals surface area (Å²) >= 11 is 2.64. The molecule has 0 spiro atoms. The van der Waals surface area contributed by atoms with Crippen molar-refractivity contribution in [3.05, 3.63) is 45.0 Å². The number of thioether (sulfide) groups is 2. The molecule has 3 amide bonds. The number of nitrogens with zero attached hydrogens (tertiary/aromatic N) is 4. The Morgan fingerprint density at radius 1 is 1.16 bits per heavy atom. The van der Waals surface area contributed by atoms with Crippen molar-refractivity contribution in [1.29, 1.82) is 0 Å². The van der Waals surface area contributed by atoms with Gasteiger partial charge in [0.1, 0.15) is 27.7 Å². The van der Waals surface area contributed by atoms with E-state index in [0.717, 1.165) is 41.3 Å². The molecule has 1 unspecified atom stereocenters. The number of aromatic nitrogens is 4. The van der Waals surface area contributed by atoms with Crippen LogP contribution < -0.4 is 16.3 Å². The Labute approximate surface area is 255 Å². The van der Waals surface area contributed by atoms with Gasteiger partial charge in [-0.2, -0.15) is 14.7 Å². The number of hydrogen-bond acceptors (Lipinski definition) is 10. The summed E-state index contributed by atoms with van der Waals surface area (Å²) in [5, 5.41) is 25.9. The highest BCUT2D eigenvalue weighted by molar-refractivity contribution is 8.01. The Bertz CT molecular complexity index is 1590. The van der Waals surface area contributed by atoms with Crippen LogP contribution in [-0.4, -0.2) is 88.8 Å². The summed E-state index contributed by atoms with van der Waals surface area (Å²) in [4.78, 5) is 63.6.